The van der Waals surface area contributed by atoms with Crippen molar-refractivity contribution in [2.24, 2.45) is 0 Å². The van der Waals surface area contributed by atoms with Crippen molar-refractivity contribution in [3.8, 4) is 0 Å². The lowest BCUT2D eigenvalue weighted by Gasteiger charge is -2.05. The van der Waals surface area contributed by atoms with Crippen LogP contribution in [0, 0.1) is 0 Å². The van der Waals surface area contributed by atoms with Gasteiger partial charge in [0.05, 0.1) is 12.0 Å². The van der Waals surface area contributed by atoms with E-state index < -0.39 is 9.84 Å². The number of nitrogens with one attached hydrogen (secondary N) is 1. The fourth-order valence-electron chi connectivity index (χ4n) is 1.91. The minimum absolute atomic E-state index is 0.0204. The van der Waals surface area contributed by atoms with Crippen molar-refractivity contribution in [3.05, 3.63) is 59.5 Å². The van der Waals surface area contributed by atoms with Gasteiger partial charge in [-0.2, -0.15) is 0 Å². The molecule has 0 atom stereocenters. The molecular formula is C15H17NO4S. The molecule has 0 aliphatic heterocycles. The largest absolute Gasteiger partial charge is 0.469 e. The molecule has 0 bridgehead atoms. The second kappa shape index (κ2) is 6.58. The first-order valence-corrected chi connectivity index (χ1v) is 8.57. The van der Waals surface area contributed by atoms with E-state index in [1.165, 1.54) is 6.26 Å². The van der Waals surface area contributed by atoms with E-state index >= 15 is 0 Å². The molecule has 0 aliphatic carbocycles. The highest BCUT2D eigenvalue weighted by atomic mass is 32.2. The van der Waals surface area contributed by atoms with Gasteiger partial charge in [-0.15, -0.1) is 0 Å². The van der Waals surface area contributed by atoms with Gasteiger partial charge >= 0.3 is 0 Å². The van der Waals surface area contributed by atoms with Gasteiger partial charge in [-0.1, -0.05) is 12.1 Å². The Morgan fingerprint density at radius 1 is 1.19 bits per heavy atom. The maximum Gasteiger partial charge on any atom is 0.251 e. The highest BCUT2D eigenvalue weighted by Crippen LogP contribution is 2.08. The van der Waals surface area contributed by atoms with Gasteiger partial charge in [-0.3, -0.25) is 4.79 Å². The van der Waals surface area contributed by atoms with Crippen molar-refractivity contribution in [1.82, 2.24) is 5.32 Å². The topological polar surface area (TPSA) is 76.4 Å². The van der Waals surface area contributed by atoms with Crippen LogP contribution < -0.4 is 5.32 Å². The number of carbonyl (C=O) groups excluding carboxylic acids is 1. The number of rotatable bonds is 6. The zero-order chi connectivity index (χ0) is 15.3. The molecule has 1 aromatic carbocycles. The summed E-state index contributed by atoms with van der Waals surface area (Å²) in [4.78, 5) is 11.9. The number of sulfone groups is 1. The first-order chi connectivity index (χ1) is 9.94. The molecule has 5 nitrogen and oxygen atoms in total. The third kappa shape index (κ3) is 5.07. The summed E-state index contributed by atoms with van der Waals surface area (Å²) in [5.74, 6) is 0.610. The van der Waals surface area contributed by atoms with Crippen molar-refractivity contribution >= 4 is 15.7 Å². The van der Waals surface area contributed by atoms with Crippen molar-refractivity contribution in [2.75, 3.05) is 12.8 Å². The monoisotopic (exact) mass is 307 g/mol. The Labute approximate surface area is 123 Å². The van der Waals surface area contributed by atoms with Gasteiger partial charge in [0, 0.05) is 24.8 Å². The summed E-state index contributed by atoms with van der Waals surface area (Å²) in [6, 6.07) is 10.2. The molecule has 1 N–H and O–H groups in total. The molecule has 1 aromatic heterocycles. The standard InChI is InChI=1S/C15H17NO4S/c1-21(18,19)11-12-4-6-13(7-5-12)15(17)16-9-8-14-3-2-10-20-14/h2-7,10H,8-9,11H2,1H3,(H,16,17). The lowest BCUT2D eigenvalue weighted by atomic mass is 10.1. The maximum atomic E-state index is 11.9. The van der Waals surface area contributed by atoms with Crippen molar-refractivity contribution in [3.63, 3.8) is 0 Å². The molecule has 112 valence electrons. The van der Waals surface area contributed by atoms with E-state index in [0.717, 1.165) is 5.76 Å². The smallest absolute Gasteiger partial charge is 0.251 e. The zero-order valence-corrected chi connectivity index (χ0v) is 12.5. The molecule has 0 fully saturated rings. The number of hydrogen-bond acceptors (Lipinski definition) is 4. The summed E-state index contributed by atoms with van der Waals surface area (Å²) in [6.45, 7) is 0.484. The Bertz CT molecular complexity index is 688. The highest BCUT2D eigenvalue weighted by molar-refractivity contribution is 7.89. The minimum atomic E-state index is -3.06. The van der Waals surface area contributed by atoms with Crippen LogP contribution in [-0.4, -0.2) is 27.1 Å². The van der Waals surface area contributed by atoms with Crippen LogP contribution in [0.5, 0.6) is 0 Å². The van der Waals surface area contributed by atoms with E-state index in [0.29, 0.717) is 24.1 Å². The highest BCUT2D eigenvalue weighted by Gasteiger charge is 2.08. The van der Waals surface area contributed by atoms with Crippen molar-refractivity contribution in [1.29, 1.82) is 0 Å². The predicted octanol–water partition coefficient (Wildman–Crippen LogP) is 1.80. The summed E-state index contributed by atoms with van der Waals surface area (Å²) in [6.07, 6.45) is 3.41. The number of benzene rings is 1. The van der Waals surface area contributed by atoms with E-state index in [1.54, 1.807) is 36.6 Å². The predicted molar refractivity (Wildman–Crippen MR) is 79.7 cm³/mol. The van der Waals surface area contributed by atoms with Gasteiger partial charge in [0.2, 0.25) is 0 Å². The second-order valence-electron chi connectivity index (χ2n) is 4.85. The van der Waals surface area contributed by atoms with Gasteiger partial charge in [0.1, 0.15) is 5.76 Å². The molecular weight excluding hydrogens is 290 g/mol. The summed E-state index contributed by atoms with van der Waals surface area (Å²) in [7, 11) is -3.06. The van der Waals surface area contributed by atoms with Crippen molar-refractivity contribution in [2.45, 2.75) is 12.2 Å². The molecule has 2 aromatic rings. The van der Waals surface area contributed by atoms with Crippen LogP contribution in [0.3, 0.4) is 0 Å². The lowest BCUT2D eigenvalue weighted by Crippen LogP contribution is -2.25. The van der Waals surface area contributed by atoms with Crippen LogP contribution in [0.4, 0.5) is 0 Å². The Balaban J connectivity index is 1.87. The molecule has 6 heteroatoms. The Morgan fingerprint density at radius 3 is 2.48 bits per heavy atom. The number of amides is 1. The first kappa shape index (κ1) is 15.3. The van der Waals surface area contributed by atoms with E-state index in [9.17, 15) is 13.2 Å². The fraction of sp³-hybridized carbons (Fsp3) is 0.267. The van der Waals surface area contributed by atoms with Gasteiger partial charge < -0.3 is 9.73 Å². The molecule has 21 heavy (non-hydrogen) atoms. The SMILES string of the molecule is CS(=O)(=O)Cc1ccc(C(=O)NCCc2ccco2)cc1. The zero-order valence-electron chi connectivity index (χ0n) is 11.7. The number of furan rings is 1. The molecule has 0 saturated carbocycles. The Kier molecular flexibility index (Phi) is 4.80. The summed E-state index contributed by atoms with van der Waals surface area (Å²) >= 11 is 0. The molecule has 0 saturated heterocycles. The quantitative estimate of drug-likeness (QED) is 0.883. The van der Waals surface area contributed by atoms with Crippen LogP contribution >= 0.6 is 0 Å². The van der Waals surface area contributed by atoms with Crippen LogP contribution in [0.15, 0.2) is 47.1 Å². The third-order valence-electron chi connectivity index (χ3n) is 2.88. The van der Waals surface area contributed by atoms with Crippen LogP contribution in [0.25, 0.3) is 0 Å². The average molecular weight is 307 g/mol. The van der Waals surface area contributed by atoms with Crippen LogP contribution in [0.1, 0.15) is 21.7 Å². The third-order valence-corrected chi connectivity index (χ3v) is 3.74. The lowest BCUT2D eigenvalue weighted by molar-refractivity contribution is 0.0953. The molecule has 0 aliphatic rings. The minimum Gasteiger partial charge on any atom is -0.469 e. The van der Waals surface area contributed by atoms with Crippen LogP contribution in [0.2, 0.25) is 0 Å². The van der Waals surface area contributed by atoms with Crippen LogP contribution in [-0.2, 0) is 22.0 Å². The van der Waals surface area contributed by atoms with Crippen molar-refractivity contribution < 1.29 is 17.6 Å². The average Bonchev–Trinajstić information content (AvgIpc) is 2.91. The van der Waals surface area contributed by atoms with Gasteiger partial charge in [-0.25, -0.2) is 8.42 Å². The summed E-state index contributed by atoms with van der Waals surface area (Å²) in [5.41, 5.74) is 1.18. The molecule has 0 unspecified atom stereocenters. The number of carbonyl (C=O) groups is 1. The molecule has 0 spiro atoms. The molecule has 0 radical (unpaired) electrons. The van der Waals surface area contributed by atoms with Gasteiger partial charge in [0.25, 0.3) is 5.91 Å². The van der Waals surface area contributed by atoms with Gasteiger partial charge in [0.15, 0.2) is 9.84 Å². The molecule has 2 rings (SSSR count). The number of hydrogen-bond donors (Lipinski definition) is 1. The van der Waals surface area contributed by atoms with E-state index in [2.05, 4.69) is 5.32 Å². The maximum absolute atomic E-state index is 11.9. The van der Waals surface area contributed by atoms with E-state index in [1.807, 2.05) is 6.07 Å². The summed E-state index contributed by atoms with van der Waals surface area (Å²) < 4.78 is 27.5. The van der Waals surface area contributed by atoms with E-state index in [-0.39, 0.29) is 11.7 Å². The first-order valence-electron chi connectivity index (χ1n) is 6.51. The van der Waals surface area contributed by atoms with E-state index in [4.69, 9.17) is 4.42 Å². The fourth-order valence-corrected chi connectivity index (χ4v) is 2.71. The van der Waals surface area contributed by atoms with Gasteiger partial charge in [-0.05, 0) is 29.8 Å². The molecule has 1 heterocycles. The summed E-state index contributed by atoms with van der Waals surface area (Å²) in [5, 5.41) is 2.79. The Hall–Kier alpha value is -2.08. The molecule has 1 amide bonds. The Morgan fingerprint density at radius 2 is 1.90 bits per heavy atom. The second-order valence-corrected chi connectivity index (χ2v) is 6.99. The normalized spacial score (nSPS) is 11.3.